The summed E-state index contributed by atoms with van der Waals surface area (Å²) in [7, 11) is 0. The van der Waals surface area contributed by atoms with Crippen LogP contribution in [0.2, 0.25) is 0 Å². The Kier molecular flexibility index (Phi) is 4.69. The molecule has 1 fully saturated rings. The Morgan fingerprint density at radius 2 is 2.36 bits per heavy atom. The number of alkyl halides is 1. The number of hydrogen-bond acceptors (Lipinski definition) is 2. The average Bonchev–Trinajstić information content (AvgIpc) is 2.69. The van der Waals surface area contributed by atoms with E-state index in [-0.39, 0.29) is 17.9 Å². The zero-order valence-corrected chi connectivity index (χ0v) is 9.51. The third kappa shape index (κ3) is 3.14. The lowest BCUT2D eigenvalue weighted by Gasteiger charge is -2.20. The molecule has 1 saturated heterocycles. The Morgan fingerprint density at radius 1 is 1.64 bits per heavy atom. The number of carbonyl (C=O) groups is 1. The summed E-state index contributed by atoms with van der Waals surface area (Å²) in [6, 6.07) is 0.190. The largest absolute Gasteiger partial charge is 0.381 e. The Labute approximate surface area is 90.1 Å². The first-order chi connectivity index (χ1) is 6.65. The topological polar surface area (TPSA) is 38.3 Å². The molecule has 1 amide bonds. The van der Waals surface area contributed by atoms with Crippen molar-refractivity contribution < 1.29 is 9.53 Å². The summed E-state index contributed by atoms with van der Waals surface area (Å²) in [5, 5.41) is 2.97. The zero-order valence-electron chi connectivity index (χ0n) is 8.75. The Balaban J connectivity index is 2.31. The highest BCUT2D eigenvalue weighted by Gasteiger charge is 2.24. The van der Waals surface area contributed by atoms with Crippen molar-refractivity contribution in [3.8, 4) is 0 Å². The number of rotatable bonds is 4. The molecule has 3 unspecified atom stereocenters. The van der Waals surface area contributed by atoms with Crippen molar-refractivity contribution in [3.05, 3.63) is 0 Å². The van der Waals surface area contributed by atoms with Crippen LogP contribution in [0, 0.1) is 11.8 Å². The minimum atomic E-state index is -0.110. The van der Waals surface area contributed by atoms with Gasteiger partial charge in [0.1, 0.15) is 0 Å². The highest BCUT2D eigenvalue weighted by atomic mass is 35.5. The second kappa shape index (κ2) is 5.56. The van der Waals surface area contributed by atoms with Gasteiger partial charge in [-0.25, -0.2) is 0 Å². The summed E-state index contributed by atoms with van der Waals surface area (Å²) >= 11 is 5.60. The van der Waals surface area contributed by atoms with Crippen LogP contribution in [0.5, 0.6) is 0 Å². The Hall–Kier alpha value is -0.280. The molecule has 0 aromatic heterocycles. The fourth-order valence-corrected chi connectivity index (χ4v) is 1.64. The lowest BCUT2D eigenvalue weighted by molar-refractivity contribution is -0.124. The molecule has 3 nitrogen and oxygen atoms in total. The van der Waals surface area contributed by atoms with Crippen molar-refractivity contribution in [1.29, 1.82) is 0 Å². The molecule has 0 saturated carbocycles. The normalized spacial score (nSPS) is 25.8. The number of ether oxygens (including phenoxy) is 1. The monoisotopic (exact) mass is 219 g/mol. The van der Waals surface area contributed by atoms with Gasteiger partial charge in [0.15, 0.2) is 0 Å². The van der Waals surface area contributed by atoms with E-state index in [1.165, 1.54) is 0 Å². The van der Waals surface area contributed by atoms with E-state index in [1.54, 1.807) is 0 Å². The highest BCUT2D eigenvalue weighted by molar-refractivity contribution is 6.19. The molecule has 3 atom stereocenters. The molecule has 1 N–H and O–H groups in total. The second-order valence-electron chi connectivity index (χ2n) is 3.98. The predicted molar refractivity (Wildman–Crippen MR) is 56.4 cm³/mol. The predicted octanol–water partition coefficient (Wildman–Crippen LogP) is 1.40. The fraction of sp³-hybridized carbons (Fsp3) is 0.900. The van der Waals surface area contributed by atoms with Gasteiger partial charge in [0, 0.05) is 30.4 Å². The maximum atomic E-state index is 11.5. The zero-order chi connectivity index (χ0) is 10.6. The molecule has 82 valence electrons. The lowest BCUT2D eigenvalue weighted by atomic mass is 10.00. The molecule has 0 aromatic carbocycles. The highest BCUT2D eigenvalue weighted by Crippen LogP contribution is 2.16. The van der Waals surface area contributed by atoms with Crippen LogP contribution in [0.25, 0.3) is 0 Å². The molecular formula is C10H18ClNO2. The molecule has 0 radical (unpaired) electrons. The van der Waals surface area contributed by atoms with Crippen molar-refractivity contribution in [1.82, 2.24) is 5.32 Å². The number of nitrogens with one attached hydrogen (secondary N) is 1. The van der Waals surface area contributed by atoms with Crippen LogP contribution in [0.4, 0.5) is 0 Å². The molecule has 0 aliphatic carbocycles. The van der Waals surface area contributed by atoms with Crippen LogP contribution < -0.4 is 5.32 Å². The average molecular weight is 220 g/mol. The molecule has 1 aliphatic rings. The first-order valence-corrected chi connectivity index (χ1v) is 5.62. The standard InChI is InChI=1S/C10H18ClNO2/c1-7(5-11)10(13)12-8(2)9-3-4-14-6-9/h7-9H,3-6H2,1-2H3,(H,12,13). The number of amides is 1. The molecule has 0 aromatic rings. The van der Waals surface area contributed by atoms with Crippen LogP contribution in [0.1, 0.15) is 20.3 Å². The first kappa shape index (κ1) is 11.8. The van der Waals surface area contributed by atoms with Crippen molar-refractivity contribution in [3.63, 3.8) is 0 Å². The Bertz CT molecular complexity index is 193. The molecule has 0 spiro atoms. The van der Waals surface area contributed by atoms with E-state index in [4.69, 9.17) is 16.3 Å². The molecule has 1 aliphatic heterocycles. The van der Waals surface area contributed by atoms with Crippen LogP contribution in [-0.4, -0.2) is 31.0 Å². The van der Waals surface area contributed by atoms with Crippen molar-refractivity contribution in [2.24, 2.45) is 11.8 Å². The van der Waals surface area contributed by atoms with E-state index in [9.17, 15) is 4.79 Å². The maximum Gasteiger partial charge on any atom is 0.224 e. The van der Waals surface area contributed by atoms with Gasteiger partial charge in [0.2, 0.25) is 5.91 Å². The number of hydrogen-bond donors (Lipinski definition) is 1. The van der Waals surface area contributed by atoms with E-state index in [2.05, 4.69) is 5.32 Å². The quantitative estimate of drug-likeness (QED) is 0.726. The minimum absolute atomic E-state index is 0.0411. The van der Waals surface area contributed by atoms with E-state index >= 15 is 0 Å². The molecule has 0 bridgehead atoms. The minimum Gasteiger partial charge on any atom is -0.381 e. The Morgan fingerprint density at radius 3 is 2.86 bits per heavy atom. The van der Waals surface area contributed by atoms with Gasteiger partial charge >= 0.3 is 0 Å². The molecule has 4 heteroatoms. The molecular weight excluding hydrogens is 202 g/mol. The van der Waals surface area contributed by atoms with Crippen LogP contribution in [-0.2, 0) is 9.53 Å². The van der Waals surface area contributed by atoms with Crippen LogP contribution in [0.3, 0.4) is 0 Å². The van der Waals surface area contributed by atoms with Crippen molar-refractivity contribution in [2.45, 2.75) is 26.3 Å². The van der Waals surface area contributed by atoms with Gasteiger partial charge in [0.05, 0.1) is 6.61 Å². The first-order valence-electron chi connectivity index (χ1n) is 5.09. The van der Waals surface area contributed by atoms with Crippen molar-refractivity contribution >= 4 is 17.5 Å². The summed E-state index contributed by atoms with van der Waals surface area (Å²) < 4.78 is 5.27. The van der Waals surface area contributed by atoms with E-state index < -0.39 is 0 Å². The number of halogens is 1. The van der Waals surface area contributed by atoms with Gasteiger partial charge < -0.3 is 10.1 Å². The maximum absolute atomic E-state index is 11.5. The van der Waals surface area contributed by atoms with E-state index in [0.29, 0.717) is 11.8 Å². The molecule has 14 heavy (non-hydrogen) atoms. The van der Waals surface area contributed by atoms with Gasteiger partial charge in [-0.1, -0.05) is 6.92 Å². The van der Waals surface area contributed by atoms with E-state index in [0.717, 1.165) is 19.6 Å². The van der Waals surface area contributed by atoms with Gasteiger partial charge in [-0.3, -0.25) is 4.79 Å². The van der Waals surface area contributed by atoms with Crippen molar-refractivity contribution in [2.75, 3.05) is 19.1 Å². The van der Waals surface area contributed by atoms with Gasteiger partial charge in [0.25, 0.3) is 0 Å². The van der Waals surface area contributed by atoms with Gasteiger partial charge in [-0.05, 0) is 13.3 Å². The molecule has 1 rings (SSSR count). The second-order valence-corrected chi connectivity index (χ2v) is 4.28. The summed E-state index contributed by atoms with van der Waals surface area (Å²) in [5.41, 5.74) is 0. The summed E-state index contributed by atoms with van der Waals surface area (Å²) in [6.07, 6.45) is 1.04. The summed E-state index contributed by atoms with van der Waals surface area (Å²) in [6.45, 7) is 5.44. The SMILES string of the molecule is CC(CCl)C(=O)NC(C)C1CCOC1. The van der Waals surface area contributed by atoms with Gasteiger partial charge in [-0.15, -0.1) is 11.6 Å². The van der Waals surface area contributed by atoms with E-state index in [1.807, 2.05) is 13.8 Å². The van der Waals surface area contributed by atoms with Crippen LogP contribution in [0.15, 0.2) is 0 Å². The third-order valence-corrected chi connectivity index (χ3v) is 3.18. The fourth-order valence-electron chi connectivity index (χ4n) is 1.50. The summed E-state index contributed by atoms with van der Waals surface area (Å²) in [4.78, 5) is 11.5. The smallest absolute Gasteiger partial charge is 0.224 e. The third-order valence-electron chi connectivity index (χ3n) is 2.72. The van der Waals surface area contributed by atoms with Gasteiger partial charge in [-0.2, -0.15) is 0 Å². The summed E-state index contributed by atoms with van der Waals surface area (Å²) in [5.74, 6) is 0.766. The lowest BCUT2D eigenvalue weighted by Crippen LogP contribution is -2.41. The van der Waals surface area contributed by atoms with Crippen LogP contribution >= 0.6 is 11.6 Å². The molecule has 1 heterocycles. The number of carbonyl (C=O) groups excluding carboxylic acids is 1.